The number of rotatable bonds is 6. The van der Waals surface area contributed by atoms with E-state index >= 15 is 0 Å². The lowest BCUT2D eigenvalue weighted by atomic mass is 10.2. The van der Waals surface area contributed by atoms with Crippen molar-refractivity contribution in [3.05, 3.63) is 95.7 Å². The monoisotopic (exact) mass is 467 g/mol. The molecule has 0 bridgehead atoms. The average molecular weight is 468 g/mol. The number of sulfonamides is 1. The molecule has 4 rings (SSSR count). The highest BCUT2D eigenvalue weighted by Gasteiger charge is 2.21. The zero-order valence-corrected chi connectivity index (χ0v) is 19.1. The summed E-state index contributed by atoms with van der Waals surface area (Å²) in [7, 11) is -7.69. The quantitative estimate of drug-likeness (QED) is 0.344. The normalized spacial score (nSPS) is 12.4. The molecule has 3 aromatic carbocycles. The Labute approximate surface area is 187 Å². The van der Waals surface area contributed by atoms with Crippen LogP contribution >= 0.6 is 0 Å². The summed E-state index contributed by atoms with van der Waals surface area (Å²) in [6.45, 7) is 3.75. The molecule has 1 aromatic heterocycles. The molecule has 0 atom stereocenters. The summed E-state index contributed by atoms with van der Waals surface area (Å²) in [5.41, 5.74) is 2.82. The zero-order chi connectivity index (χ0) is 22.9. The van der Waals surface area contributed by atoms with Gasteiger partial charge in [0.25, 0.3) is 20.0 Å². The van der Waals surface area contributed by atoms with Crippen molar-refractivity contribution in [2.45, 2.75) is 23.6 Å². The Morgan fingerprint density at radius 2 is 1.34 bits per heavy atom. The fraction of sp³-hybridized carbons (Fsp3) is 0.0870. The first-order valence-corrected chi connectivity index (χ1v) is 12.6. The van der Waals surface area contributed by atoms with Crippen LogP contribution in [0.2, 0.25) is 0 Å². The minimum atomic E-state index is -3.85. The number of aromatic nitrogens is 1. The highest BCUT2D eigenvalue weighted by atomic mass is 32.2. The highest BCUT2D eigenvalue weighted by molar-refractivity contribution is 7.90. The number of hydrazone groups is 1. The maximum Gasteiger partial charge on any atom is 0.276 e. The first kappa shape index (κ1) is 21.8. The fourth-order valence-electron chi connectivity index (χ4n) is 3.24. The van der Waals surface area contributed by atoms with Crippen LogP contribution in [0.25, 0.3) is 10.9 Å². The van der Waals surface area contributed by atoms with E-state index in [4.69, 9.17) is 0 Å². The van der Waals surface area contributed by atoms with Crippen LogP contribution in [0.1, 0.15) is 16.7 Å². The summed E-state index contributed by atoms with van der Waals surface area (Å²) in [6.07, 6.45) is 2.73. The van der Waals surface area contributed by atoms with E-state index in [2.05, 4.69) is 9.93 Å². The largest absolute Gasteiger partial charge is 0.276 e. The zero-order valence-electron chi connectivity index (χ0n) is 17.4. The Morgan fingerprint density at radius 1 is 0.781 bits per heavy atom. The number of para-hydroxylation sites is 1. The maximum absolute atomic E-state index is 13.2. The van der Waals surface area contributed by atoms with E-state index in [1.54, 1.807) is 60.7 Å². The topological polar surface area (TPSA) is 97.6 Å². The third-order valence-corrected chi connectivity index (χ3v) is 7.92. The maximum atomic E-state index is 13.2. The van der Waals surface area contributed by atoms with Crippen LogP contribution in [-0.2, 0) is 20.0 Å². The molecule has 4 aromatic rings. The molecule has 32 heavy (non-hydrogen) atoms. The molecule has 0 amide bonds. The Kier molecular flexibility index (Phi) is 5.62. The van der Waals surface area contributed by atoms with Gasteiger partial charge in [-0.05, 0) is 44.2 Å². The molecule has 1 heterocycles. The standard InChI is InChI=1S/C23H21N3O4S2/c1-17-7-11-20(12-8-17)31(27,28)25-24-15-19-16-26(23-6-4-3-5-22(19)23)32(29,30)21-13-9-18(2)10-14-21/h3-16,25H,1-2H3. The van der Waals surface area contributed by atoms with Crippen molar-refractivity contribution in [2.24, 2.45) is 5.10 Å². The SMILES string of the molecule is Cc1ccc(S(=O)(=O)NN=Cc2cn(S(=O)(=O)c3ccc(C)cc3)c3ccccc23)cc1. The van der Waals surface area contributed by atoms with E-state index in [-0.39, 0.29) is 9.79 Å². The lowest BCUT2D eigenvalue weighted by Crippen LogP contribution is -2.18. The minimum absolute atomic E-state index is 0.0876. The lowest BCUT2D eigenvalue weighted by Gasteiger charge is -2.07. The van der Waals surface area contributed by atoms with Crippen LogP contribution in [0.3, 0.4) is 0 Å². The predicted molar refractivity (Wildman–Crippen MR) is 125 cm³/mol. The number of hydrogen-bond acceptors (Lipinski definition) is 5. The van der Waals surface area contributed by atoms with Crippen LogP contribution in [0.5, 0.6) is 0 Å². The van der Waals surface area contributed by atoms with Gasteiger partial charge in [-0.2, -0.15) is 13.5 Å². The summed E-state index contributed by atoms with van der Waals surface area (Å²) in [6, 6.07) is 19.9. The predicted octanol–water partition coefficient (Wildman–Crippen LogP) is 3.81. The van der Waals surface area contributed by atoms with Gasteiger partial charge in [0.1, 0.15) is 0 Å². The molecule has 9 heteroatoms. The molecular formula is C23H21N3O4S2. The number of fused-ring (bicyclic) bond motifs is 1. The fourth-order valence-corrected chi connectivity index (χ4v) is 5.41. The second-order valence-corrected chi connectivity index (χ2v) is 10.9. The van der Waals surface area contributed by atoms with Gasteiger partial charge >= 0.3 is 0 Å². The molecular weight excluding hydrogens is 446 g/mol. The van der Waals surface area contributed by atoms with E-state index in [0.29, 0.717) is 16.5 Å². The number of aryl methyl sites for hydroxylation is 2. The molecule has 0 unspecified atom stereocenters. The van der Waals surface area contributed by atoms with Gasteiger partial charge in [0.05, 0.1) is 21.5 Å². The van der Waals surface area contributed by atoms with Crippen LogP contribution < -0.4 is 4.83 Å². The lowest BCUT2D eigenvalue weighted by molar-refractivity contribution is 0.584. The first-order chi connectivity index (χ1) is 15.2. The molecule has 0 saturated heterocycles. The van der Waals surface area contributed by atoms with Gasteiger partial charge in [0.15, 0.2) is 0 Å². The molecule has 0 radical (unpaired) electrons. The van der Waals surface area contributed by atoms with Crippen molar-refractivity contribution in [1.29, 1.82) is 0 Å². The molecule has 0 aliphatic rings. The van der Waals surface area contributed by atoms with E-state index in [1.165, 1.54) is 28.5 Å². The summed E-state index contributed by atoms with van der Waals surface area (Å²) in [5, 5.41) is 4.50. The van der Waals surface area contributed by atoms with Crippen LogP contribution in [0.15, 0.2) is 93.9 Å². The summed E-state index contributed by atoms with van der Waals surface area (Å²) in [5.74, 6) is 0. The minimum Gasteiger partial charge on any atom is -0.240 e. The Balaban J connectivity index is 1.70. The van der Waals surface area contributed by atoms with Gasteiger partial charge in [-0.25, -0.2) is 17.2 Å². The molecule has 0 fully saturated rings. The Bertz CT molecular complexity index is 1520. The molecule has 1 N–H and O–H groups in total. The molecule has 0 aliphatic carbocycles. The van der Waals surface area contributed by atoms with Crippen LogP contribution in [0.4, 0.5) is 0 Å². The van der Waals surface area contributed by atoms with Gasteiger partial charge in [0.2, 0.25) is 0 Å². The van der Waals surface area contributed by atoms with E-state index < -0.39 is 20.0 Å². The second kappa shape index (κ2) is 8.25. The summed E-state index contributed by atoms with van der Waals surface area (Å²) in [4.78, 5) is 2.42. The van der Waals surface area contributed by atoms with Crippen molar-refractivity contribution in [3.8, 4) is 0 Å². The van der Waals surface area contributed by atoms with Gasteiger partial charge in [-0.3, -0.25) is 0 Å². The first-order valence-electron chi connectivity index (χ1n) is 9.72. The number of nitrogens with zero attached hydrogens (tertiary/aromatic N) is 2. The van der Waals surface area contributed by atoms with E-state index in [9.17, 15) is 16.8 Å². The number of hydrogen-bond donors (Lipinski definition) is 1. The molecule has 0 saturated carbocycles. The second-order valence-electron chi connectivity index (χ2n) is 7.38. The third kappa shape index (κ3) is 4.17. The number of nitrogens with one attached hydrogen (secondary N) is 1. The van der Waals surface area contributed by atoms with E-state index in [1.807, 2.05) is 13.8 Å². The van der Waals surface area contributed by atoms with E-state index in [0.717, 1.165) is 11.1 Å². The smallest absolute Gasteiger partial charge is 0.240 e. The Morgan fingerprint density at radius 3 is 1.97 bits per heavy atom. The molecule has 0 spiro atoms. The third-order valence-electron chi connectivity index (χ3n) is 4.99. The Hall–Kier alpha value is -3.43. The van der Waals surface area contributed by atoms with Gasteiger partial charge in [-0.15, -0.1) is 0 Å². The van der Waals surface area contributed by atoms with Crippen molar-refractivity contribution in [2.75, 3.05) is 0 Å². The average Bonchev–Trinajstić information content (AvgIpc) is 3.14. The van der Waals surface area contributed by atoms with Gasteiger partial charge < -0.3 is 0 Å². The number of benzene rings is 3. The van der Waals surface area contributed by atoms with Crippen molar-refractivity contribution in [3.63, 3.8) is 0 Å². The van der Waals surface area contributed by atoms with Gasteiger partial charge in [-0.1, -0.05) is 53.6 Å². The summed E-state index contributed by atoms with van der Waals surface area (Å²) >= 11 is 0. The van der Waals surface area contributed by atoms with Crippen LogP contribution in [-0.4, -0.2) is 27.0 Å². The molecule has 164 valence electrons. The highest BCUT2D eigenvalue weighted by Crippen LogP contribution is 2.25. The van der Waals surface area contributed by atoms with Crippen molar-refractivity contribution >= 4 is 37.2 Å². The summed E-state index contributed by atoms with van der Waals surface area (Å²) < 4.78 is 52.5. The molecule has 7 nitrogen and oxygen atoms in total. The van der Waals surface area contributed by atoms with Crippen molar-refractivity contribution in [1.82, 2.24) is 8.80 Å². The van der Waals surface area contributed by atoms with Gasteiger partial charge in [0, 0.05) is 17.1 Å². The van der Waals surface area contributed by atoms with Crippen molar-refractivity contribution < 1.29 is 16.8 Å². The molecule has 0 aliphatic heterocycles. The van der Waals surface area contributed by atoms with Crippen LogP contribution in [0, 0.1) is 13.8 Å².